The van der Waals surface area contributed by atoms with Crippen LogP contribution < -0.4 is 0 Å². The molecule has 0 amide bonds. The van der Waals surface area contributed by atoms with Crippen molar-refractivity contribution in [3.63, 3.8) is 0 Å². The Morgan fingerprint density at radius 2 is 2.00 bits per heavy atom. The first-order valence-electron chi connectivity index (χ1n) is 7.75. The molecule has 24 heavy (non-hydrogen) atoms. The third-order valence-corrected chi connectivity index (χ3v) is 4.24. The zero-order chi connectivity index (χ0) is 16.4. The van der Waals surface area contributed by atoms with Gasteiger partial charge in [-0.3, -0.25) is 0 Å². The molecule has 0 aliphatic carbocycles. The Balaban J connectivity index is 1.72. The van der Waals surface area contributed by atoms with Gasteiger partial charge in [0.2, 0.25) is 0 Å². The fourth-order valence-electron chi connectivity index (χ4n) is 2.96. The zero-order valence-corrected chi connectivity index (χ0v) is 12.9. The van der Waals surface area contributed by atoms with Crippen LogP contribution in [0.4, 0.5) is 0 Å². The number of H-pyrrole nitrogens is 1. The summed E-state index contributed by atoms with van der Waals surface area (Å²) in [4.78, 5) is 3.26. The molecule has 5 heteroatoms. The van der Waals surface area contributed by atoms with Gasteiger partial charge < -0.3 is 4.98 Å². The van der Waals surface area contributed by atoms with E-state index in [-0.39, 0.29) is 6.04 Å². The van der Waals surface area contributed by atoms with Crippen LogP contribution >= 0.6 is 0 Å². The first-order valence-corrected chi connectivity index (χ1v) is 7.75. The maximum atomic E-state index is 8.94. The van der Waals surface area contributed by atoms with Gasteiger partial charge in [-0.2, -0.15) is 5.26 Å². The van der Waals surface area contributed by atoms with Crippen LogP contribution in [0.5, 0.6) is 0 Å². The van der Waals surface area contributed by atoms with E-state index in [2.05, 4.69) is 45.6 Å². The van der Waals surface area contributed by atoms with Crippen molar-refractivity contribution in [3.05, 3.63) is 83.8 Å². The molecule has 0 spiro atoms. The second-order valence-corrected chi connectivity index (χ2v) is 5.74. The summed E-state index contributed by atoms with van der Waals surface area (Å²) in [6, 6.07) is 18.4. The van der Waals surface area contributed by atoms with Gasteiger partial charge in [0.15, 0.2) is 0 Å². The summed E-state index contributed by atoms with van der Waals surface area (Å²) >= 11 is 0. The van der Waals surface area contributed by atoms with E-state index >= 15 is 0 Å². The van der Waals surface area contributed by atoms with Crippen LogP contribution in [0.15, 0.2) is 67.1 Å². The molecule has 0 saturated carbocycles. The van der Waals surface area contributed by atoms with Gasteiger partial charge in [-0.15, -0.1) is 5.10 Å². The number of fused-ring (bicyclic) bond motifs is 1. The summed E-state index contributed by atoms with van der Waals surface area (Å²) in [7, 11) is 0. The maximum Gasteiger partial charge on any atom is 0.0991 e. The molecule has 2 aromatic carbocycles. The highest BCUT2D eigenvalue weighted by molar-refractivity contribution is 5.80. The minimum Gasteiger partial charge on any atom is -0.361 e. The molecule has 0 radical (unpaired) electrons. The number of nitriles is 1. The lowest BCUT2D eigenvalue weighted by atomic mass is 9.97. The van der Waals surface area contributed by atoms with E-state index < -0.39 is 0 Å². The summed E-state index contributed by atoms with van der Waals surface area (Å²) in [5, 5.41) is 18.3. The molecule has 0 fully saturated rings. The van der Waals surface area contributed by atoms with Crippen LogP contribution in [0.3, 0.4) is 0 Å². The van der Waals surface area contributed by atoms with Crippen molar-refractivity contribution in [2.75, 3.05) is 0 Å². The number of aromatic amines is 1. The predicted octanol–water partition coefficient (Wildman–Crippen LogP) is 3.46. The van der Waals surface area contributed by atoms with Gasteiger partial charge >= 0.3 is 0 Å². The Morgan fingerprint density at radius 1 is 1.12 bits per heavy atom. The third kappa shape index (κ3) is 2.66. The highest BCUT2D eigenvalue weighted by atomic mass is 15.4. The maximum absolute atomic E-state index is 8.94. The number of rotatable bonds is 4. The highest BCUT2D eigenvalue weighted by Gasteiger charge is 2.16. The smallest absolute Gasteiger partial charge is 0.0991 e. The number of hydrogen-bond donors (Lipinski definition) is 1. The lowest BCUT2D eigenvalue weighted by molar-refractivity contribution is 0.504. The third-order valence-electron chi connectivity index (χ3n) is 4.24. The van der Waals surface area contributed by atoms with Gasteiger partial charge in [0.1, 0.15) is 0 Å². The molecule has 116 valence electrons. The second-order valence-electron chi connectivity index (χ2n) is 5.74. The van der Waals surface area contributed by atoms with E-state index in [0.29, 0.717) is 5.56 Å². The van der Waals surface area contributed by atoms with Gasteiger partial charge in [0.05, 0.1) is 23.9 Å². The normalized spacial score (nSPS) is 12.1. The van der Waals surface area contributed by atoms with Crippen LogP contribution in [-0.2, 0) is 6.42 Å². The van der Waals surface area contributed by atoms with E-state index in [9.17, 15) is 0 Å². The Bertz CT molecular complexity index is 990. The molecule has 1 atom stereocenters. The first kappa shape index (κ1) is 14.2. The van der Waals surface area contributed by atoms with Gasteiger partial charge in [-0.1, -0.05) is 29.5 Å². The fourth-order valence-corrected chi connectivity index (χ4v) is 2.96. The quantitative estimate of drug-likeness (QED) is 0.627. The van der Waals surface area contributed by atoms with Gasteiger partial charge in [0, 0.05) is 17.9 Å². The molecule has 0 aliphatic heterocycles. The lowest BCUT2D eigenvalue weighted by Gasteiger charge is -2.18. The van der Waals surface area contributed by atoms with Crippen molar-refractivity contribution in [1.82, 2.24) is 20.0 Å². The van der Waals surface area contributed by atoms with Gasteiger partial charge in [-0.05, 0) is 47.2 Å². The number of nitrogens with zero attached hydrogens (tertiary/aromatic N) is 4. The Kier molecular flexibility index (Phi) is 3.56. The fraction of sp³-hybridized carbons (Fsp3) is 0.105. The molecular formula is C19H15N5. The van der Waals surface area contributed by atoms with Crippen LogP contribution in [0.1, 0.15) is 22.7 Å². The topological polar surface area (TPSA) is 70.3 Å². The Hall–Kier alpha value is -3.39. The number of aromatic nitrogens is 4. The van der Waals surface area contributed by atoms with Crippen LogP contribution in [-0.4, -0.2) is 20.0 Å². The first-order chi connectivity index (χ1) is 11.8. The zero-order valence-electron chi connectivity index (χ0n) is 12.9. The van der Waals surface area contributed by atoms with Crippen molar-refractivity contribution in [3.8, 4) is 6.07 Å². The summed E-state index contributed by atoms with van der Waals surface area (Å²) in [5.41, 5.74) is 4.10. The molecule has 4 rings (SSSR count). The number of nitrogens with one attached hydrogen (secondary N) is 1. The Morgan fingerprint density at radius 3 is 2.75 bits per heavy atom. The van der Waals surface area contributed by atoms with E-state index in [1.165, 1.54) is 10.9 Å². The molecule has 1 N–H and O–H groups in total. The highest BCUT2D eigenvalue weighted by Crippen LogP contribution is 2.25. The van der Waals surface area contributed by atoms with E-state index in [4.69, 9.17) is 5.26 Å². The molecule has 2 aromatic heterocycles. The molecule has 2 heterocycles. The van der Waals surface area contributed by atoms with Gasteiger partial charge in [0.25, 0.3) is 0 Å². The molecular weight excluding hydrogens is 298 g/mol. The summed E-state index contributed by atoms with van der Waals surface area (Å²) in [6.45, 7) is 0. The number of benzene rings is 2. The summed E-state index contributed by atoms with van der Waals surface area (Å²) in [6.07, 6.45) is 6.30. The van der Waals surface area contributed by atoms with E-state index in [1.54, 1.807) is 6.20 Å². The predicted molar refractivity (Wildman–Crippen MR) is 91.3 cm³/mol. The molecule has 5 nitrogen and oxygen atoms in total. The SMILES string of the molecule is N#Cc1ccc(CC(c2ccc3cc[nH]c3c2)n2ccnn2)cc1. The number of hydrogen-bond acceptors (Lipinski definition) is 3. The molecule has 0 saturated heterocycles. The molecule has 0 bridgehead atoms. The molecule has 0 aliphatic rings. The van der Waals surface area contributed by atoms with E-state index in [1.807, 2.05) is 41.3 Å². The average molecular weight is 313 g/mol. The molecule has 4 aromatic rings. The average Bonchev–Trinajstić information content (AvgIpc) is 3.31. The largest absolute Gasteiger partial charge is 0.361 e. The van der Waals surface area contributed by atoms with Crippen molar-refractivity contribution in [2.45, 2.75) is 12.5 Å². The van der Waals surface area contributed by atoms with Crippen LogP contribution in [0.2, 0.25) is 0 Å². The van der Waals surface area contributed by atoms with Crippen LogP contribution in [0.25, 0.3) is 10.9 Å². The van der Waals surface area contributed by atoms with Gasteiger partial charge in [-0.25, -0.2) is 4.68 Å². The second kappa shape index (κ2) is 6.01. The lowest BCUT2D eigenvalue weighted by Crippen LogP contribution is -2.14. The van der Waals surface area contributed by atoms with Crippen LogP contribution in [0, 0.1) is 11.3 Å². The standard InChI is InChI=1S/C19H15N5/c20-13-15-3-1-14(2-4-15)11-19(24-10-9-22-23-24)17-6-5-16-7-8-21-18(16)12-17/h1-10,12,19,21H,11H2. The van der Waals surface area contributed by atoms with Crippen molar-refractivity contribution >= 4 is 10.9 Å². The summed E-state index contributed by atoms with van der Waals surface area (Å²) < 4.78 is 1.88. The monoisotopic (exact) mass is 313 g/mol. The van der Waals surface area contributed by atoms with Crippen molar-refractivity contribution in [2.24, 2.45) is 0 Å². The Labute approximate surface area is 139 Å². The summed E-state index contributed by atoms with van der Waals surface area (Å²) in [5.74, 6) is 0. The minimum absolute atomic E-state index is 0.0492. The minimum atomic E-state index is 0.0492. The van der Waals surface area contributed by atoms with E-state index in [0.717, 1.165) is 17.5 Å². The van der Waals surface area contributed by atoms with Crippen molar-refractivity contribution in [1.29, 1.82) is 5.26 Å². The molecule has 1 unspecified atom stereocenters. The van der Waals surface area contributed by atoms with Crippen molar-refractivity contribution < 1.29 is 0 Å².